The Morgan fingerprint density at radius 3 is 1.92 bits per heavy atom. The van der Waals surface area contributed by atoms with Gasteiger partial charge in [0.05, 0.1) is 0 Å². The lowest BCUT2D eigenvalue weighted by atomic mass is 9.77. The molecule has 2 aliphatic rings. The Bertz CT molecular complexity index is 1660. The second-order valence-corrected chi connectivity index (χ2v) is 12.1. The van der Waals surface area contributed by atoms with Crippen LogP contribution in [0.15, 0.2) is 89.4 Å². The van der Waals surface area contributed by atoms with Gasteiger partial charge >= 0.3 is 0 Å². The van der Waals surface area contributed by atoms with Gasteiger partial charge in [-0.2, -0.15) is 0 Å². The summed E-state index contributed by atoms with van der Waals surface area (Å²) in [6.07, 6.45) is 8.14. The third-order valence-electron chi connectivity index (χ3n) is 8.87. The monoisotopic (exact) mass is 576 g/mol. The van der Waals surface area contributed by atoms with Crippen LogP contribution in [-0.2, 0) is 0 Å². The van der Waals surface area contributed by atoms with Gasteiger partial charge in [0, 0.05) is 15.6 Å². The fourth-order valence-corrected chi connectivity index (χ4v) is 7.17. The van der Waals surface area contributed by atoms with Crippen LogP contribution < -0.4 is 9.47 Å². The Hall–Kier alpha value is -3.30. The van der Waals surface area contributed by atoms with Gasteiger partial charge in [-0.25, -0.2) is 0 Å². The molecule has 1 aliphatic carbocycles. The number of hydrogen-bond donors (Lipinski definition) is 0. The molecule has 5 aromatic carbocycles. The number of hydrogen-bond acceptors (Lipinski definition) is 2. The van der Waals surface area contributed by atoms with E-state index in [0.717, 1.165) is 38.4 Å². The van der Waals surface area contributed by atoms with Crippen molar-refractivity contribution in [2.24, 2.45) is 5.92 Å². The normalized spacial score (nSPS) is 18.6. The first-order valence-electron chi connectivity index (χ1n) is 14.3. The van der Waals surface area contributed by atoms with Crippen LogP contribution in [0.5, 0.6) is 11.5 Å². The zero-order valence-corrected chi connectivity index (χ0v) is 24.0. The Morgan fingerprint density at radius 1 is 0.667 bits per heavy atom. The van der Waals surface area contributed by atoms with Crippen molar-refractivity contribution in [2.45, 2.75) is 51.4 Å². The Balaban J connectivity index is 1.30. The topological polar surface area (TPSA) is 18.5 Å². The van der Waals surface area contributed by atoms with E-state index in [2.05, 4.69) is 108 Å². The molecule has 0 unspecified atom stereocenters. The lowest BCUT2D eigenvalue weighted by Gasteiger charge is -2.28. The second kappa shape index (κ2) is 10.4. The van der Waals surface area contributed by atoms with E-state index in [1.165, 1.54) is 71.4 Å². The Labute approximate surface area is 239 Å². The van der Waals surface area contributed by atoms with Crippen LogP contribution in [0.3, 0.4) is 0 Å². The van der Waals surface area contributed by atoms with Gasteiger partial charge in [-0.15, -0.1) is 0 Å². The predicted octanol–water partition coefficient (Wildman–Crippen LogP) is 10.9. The van der Waals surface area contributed by atoms with Crippen LogP contribution >= 0.6 is 15.9 Å². The van der Waals surface area contributed by atoms with Crippen molar-refractivity contribution in [3.8, 4) is 33.8 Å². The molecule has 1 saturated carbocycles. The van der Waals surface area contributed by atoms with E-state index in [0.29, 0.717) is 5.92 Å². The molecule has 39 heavy (non-hydrogen) atoms. The molecule has 196 valence electrons. The van der Waals surface area contributed by atoms with Crippen LogP contribution in [0.1, 0.15) is 56.9 Å². The van der Waals surface area contributed by atoms with Gasteiger partial charge in [-0.05, 0) is 106 Å². The molecule has 0 saturated heterocycles. The van der Waals surface area contributed by atoms with Crippen molar-refractivity contribution in [1.29, 1.82) is 0 Å². The summed E-state index contributed by atoms with van der Waals surface area (Å²) in [5.41, 5.74) is 6.18. The summed E-state index contributed by atoms with van der Waals surface area (Å²) in [4.78, 5) is 0. The summed E-state index contributed by atoms with van der Waals surface area (Å²) in [6.45, 7) is 2.52. The second-order valence-electron chi connectivity index (χ2n) is 11.2. The van der Waals surface area contributed by atoms with Gasteiger partial charge < -0.3 is 9.47 Å². The number of ether oxygens (including phenoxy) is 2. The van der Waals surface area contributed by atoms with E-state index in [-0.39, 0.29) is 6.79 Å². The van der Waals surface area contributed by atoms with Crippen LogP contribution in [0, 0.1) is 5.92 Å². The number of halogens is 1. The van der Waals surface area contributed by atoms with Crippen molar-refractivity contribution in [2.75, 3.05) is 6.79 Å². The smallest absolute Gasteiger partial charge is 0.230 e. The van der Waals surface area contributed by atoms with Crippen molar-refractivity contribution in [3.05, 3.63) is 95.0 Å². The molecule has 0 spiro atoms. The van der Waals surface area contributed by atoms with Crippen LogP contribution in [0.2, 0.25) is 0 Å². The maximum Gasteiger partial charge on any atom is 0.230 e. The highest BCUT2D eigenvalue weighted by atomic mass is 79.9. The molecule has 0 N–H and O–H groups in total. The molecule has 0 radical (unpaired) electrons. The van der Waals surface area contributed by atoms with Gasteiger partial charge in [0.2, 0.25) is 6.79 Å². The molecule has 1 fully saturated rings. The zero-order valence-electron chi connectivity index (χ0n) is 22.4. The zero-order chi connectivity index (χ0) is 26.3. The maximum atomic E-state index is 6.14. The quantitative estimate of drug-likeness (QED) is 0.212. The largest absolute Gasteiger partial charge is 0.457 e. The average molecular weight is 578 g/mol. The minimum Gasteiger partial charge on any atom is -0.457 e. The fraction of sp³-hybridized carbons (Fsp3) is 0.278. The van der Waals surface area contributed by atoms with E-state index < -0.39 is 0 Å². The molecule has 3 heteroatoms. The Kier molecular flexibility index (Phi) is 6.56. The molecule has 0 bridgehead atoms. The maximum absolute atomic E-state index is 6.14. The number of benzene rings is 5. The first-order valence-corrected chi connectivity index (χ1v) is 15.1. The molecule has 7 rings (SSSR count). The summed E-state index contributed by atoms with van der Waals surface area (Å²) >= 11 is 3.68. The van der Waals surface area contributed by atoms with Crippen molar-refractivity contribution in [1.82, 2.24) is 0 Å². The first-order chi connectivity index (χ1) is 19.2. The summed E-state index contributed by atoms with van der Waals surface area (Å²) in [5, 5.41) is 4.72. The average Bonchev–Trinajstić information content (AvgIpc) is 3.17. The minimum absolute atomic E-state index is 0.201. The number of rotatable bonds is 4. The van der Waals surface area contributed by atoms with Crippen LogP contribution in [-0.4, -0.2) is 6.79 Å². The molecule has 2 nitrogen and oxygen atoms in total. The molecular weight excluding hydrogens is 544 g/mol. The van der Waals surface area contributed by atoms with Crippen molar-refractivity contribution >= 4 is 37.5 Å². The van der Waals surface area contributed by atoms with Gasteiger partial charge in [0.15, 0.2) is 0 Å². The van der Waals surface area contributed by atoms with E-state index >= 15 is 0 Å². The lowest BCUT2D eigenvalue weighted by molar-refractivity contribution is 0.125. The first kappa shape index (κ1) is 24.7. The third kappa shape index (κ3) is 4.61. The standard InChI is InChI=1S/C36H33BrO2/c1-2-3-23-4-6-24(7-5-23)25-8-10-26(11-9-25)29-13-12-27-15-18-33-35(31(27)20-29)36-32-21-30(37)17-14-28(32)16-19-34(36)39-22-38-33/h8-21,23-24H,2-7,22H2,1H3. The van der Waals surface area contributed by atoms with E-state index in [4.69, 9.17) is 9.47 Å². The van der Waals surface area contributed by atoms with Crippen LogP contribution in [0.4, 0.5) is 0 Å². The van der Waals surface area contributed by atoms with E-state index in [1.54, 1.807) is 0 Å². The highest BCUT2D eigenvalue weighted by molar-refractivity contribution is 9.10. The summed E-state index contributed by atoms with van der Waals surface area (Å²) in [6, 6.07) is 31.0. The van der Waals surface area contributed by atoms with Crippen molar-refractivity contribution in [3.63, 3.8) is 0 Å². The third-order valence-corrected chi connectivity index (χ3v) is 9.36. The molecule has 1 heterocycles. The fourth-order valence-electron chi connectivity index (χ4n) is 6.80. The highest BCUT2D eigenvalue weighted by Gasteiger charge is 2.23. The number of fused-ring (bicyclic) bond motifs is 7. The van der Waals surface area contributed by atoms with Gasteiger partial charge in [-0.3, -0.25) is 0 Å². The van der Waals surface area contributed by atoms with Gasteiger partial charge in [-0.1, -0.05) is 90.3 Å². The highest BCUT2D eigenvalue weighted by Crippen LogP contribution is 2.48. The molecular formula is C36H33BrO2. The molecule has 1 aliphatic heterocycles. The summed E-state index contributed by atoms with van der Waals surface area (Å²) in [7, 11) is 0. The van der Waals surface area contributed by atoms with E-state index in [9.17, 15) is 0 Å². The lowest BCUT2D eigenvalue weighted by Crippen LogP contribution is -2.13. The summed E-state index contributed by atoms with van der Waals surface area (Å²) < 4.78 is 13.3. The van der Waals surface area contributed by atoms with E-state index in [1.807, 2.05) is 0 Å². The van der Waals surface area contributed by atoms with Gasteiger partial charge in [0.25, 0.3) is 0 Å². The molecule has 0 atom stereocenters. The Morgan fingerprint density at radius 2 is 1.26 bits per heavy atom. The molecule has 5 aromatic rings. The van der Waals surface area contributed by atoms with Crippen LogP contribution in [0.25, 0.3) is 43.8 Å². The summed E-state index contributed by atoms with van der Waals surface area (Å²) in [5.74, 6) is 3.37. The van der Waals surface area contributed by atoms with Crippen molar-refractivity contribution < 1.29 is 9.47 Å². The SMILES string of the molecule is CCCC1CCC(c2ccc(-c3ccc4ccc5c(c4c3)-c3c(ccc4ccc(Br)cc34)OCO5)cc2)CC1. The predicted molar refractivity (Wildman–Crippen MR) is 166 cm³/mol. The molecule has 0 aromatic heterocycles. The minimum atomic E-state index is 0.201. The van der Waals surface area contributed by atoms with Gasteiger partial charge in [0.1, 0.15) is 11.5 Å². The molecule has 0 amide bonds.